The molecular formula is C36H45N5O2. The van der Waals surface area contributed by atoms with Gasteiger partial charge in [-0.1, -0.05) is 85.8 Å². The number of nitrogens with two attached hydrogens (primary N) is 1. The first-order chi connectivity index (χ1) is 21.0. The maximum absolute atomic E-state index is 13.8. The van der Waals surface area contributed by atoms with Crippen molar-refractivity contribution < 1.29 is 9.59 Å². The van der Waals surface area contributed by atoms with Crippen LogP contribution in [0.4, 0.5) is 4.79 Å². The Hall–Kier alpha value is -4.23. The van der Waals surface area contributed by atoms with Crippen molar-refractivity contribution in [1.82, 2.24) is 20.5 Å². The molecule has 43 heavy (non-hydrogen) atoms. The van der Waals surface area contributed by atoms with Crippen LogP contribution in [0.1, 0.15) is 43.0 Å². The van der Waals surface area contributed by atoms with Crippen molar-refractivity contribution in [3.05, 3.63) is 114 Å². The van der Waals surface area contributed by atoms with Crippen LogP contribution in [0.15, 0.2) is 97.2 Å². The van der Waals surface area contributed by atoms with Gasteiger partial charge in [0.25, 0.3) is 0 Å². The second-order valence-electron chi connectivity index (χ2n) is 11.3. The Bertz CT molecular complexity index is 1360. The molecule has 1 aromatic heterocycles. The summed E-state index contributed by atoms with van der Waals surface area (Å²) in [5.41, 5.74) is 8.81. The third-order valence-electron chi connectivity index (χ3n) is 7.92. The van der Waals surface area contributed by atoms with E-state index in [9.17, 15) is 9.59 Å². The molecule has 226 valence electrons. The first-order valence-corrected chi connectivity index (χ1v) is 15.5. The van der Waals surface area contributed by atoms with E-state index in [1.54, 1.807) is 11.1 Å². The summed E-state index contributed by atoms with van der Waals surface area (Å²) < 4.78 is 0. The number of nitrogens with one attached hydrogen (secondary N) is 2. The maximum atomic E-state index is 13.8. The van der Waals surface area contributed by atoms with E-state index in [2.05, 4.69) is 52.9 Å². The largest absolute Gasteiger partial charge is 0.354 e. The molecule has 0 aliphatic rings. The second kappa shape index (κ2) is 17.0. The number of hydrogen-bond acceptors (Lipinski definition) is 4. The fraction of sp³-hybridized carbons (Fsp3) is 0.361. The van der Waals surface area contributed by atoms with Crippen molar-refractivity contribution in [3.63, 3.8) is 0 Å². The summed E-state index contributed by atoms with van der Waals surface area (Å²) in [6.45, 7) is 4.45. The molecule has 4 rings (SSSR count). The minimum absolute atomic E-state index is 0.166. The number of pyridine rings is 1. The Labute approximate surface area is 255 Å². The minimum atomic E-state index is -0.714. The molecule has 0 aliphatic heterocycles. The quantitative estimate of drug-likeness (QED) is 0.152. The van der Waals surface area contributed by atoms with Crippen molar-refractivity contribution >= 4 is 22.7 Å². The zero-order valence-corrected chi connectivity index (χ0v) is 25.3. The molecular weight excluding hydrogens is 534 g/mol. The number of urea groups is 1. The van der Waals surface area contributed by atoms with Crippen molar-refractivity contribution in [2.75, 3.05) is 26.2 Å². The van der Waals surface area contributed by atoms with Gasteiger partial charge in [-0.15, -0.1) is 0 Å². The number of hydrogen-bond donors (Lipinski definition) is 3. The highest BCUT2D eigenvalue weighted by Gasteiger charge is 2.25. The first kappa shape index (κ1) is 31.7. The van der Waals surface area contributed by atoms with Crippen molar-refractivity contribution in [2.24, 2.45) is 11.7 Å². The first-order valence-electron chi connectivity index (χ1n) is 15.5. The molecule has 0 spiro atoms. The zero-order valence-electron chi connectivity index (χ0n) is 25.3. The Morgan fingerprint density at radius 2 is 1.60 bits per heavy atom. The smallest absolute Gasteiger partial charge is 0.318 e. The molecule has 0 fully saturated rings. The summed E-state index contributed by atoms with van der Waals surface area (Å²) in [5.74, 6) is 0.353. The van der Waals surface area contributed by atoms with Gasteiger partial charge in [-0.2, -0.15) is 0 Å². The fourth-order valence-electron chi connectivity index (χ4n) is 5.37. The molecule has 0 aliphatic carbocycles. The molecule has 0 saturated heterocycles. The highest BCUT2D eigenvalue weighted by atomic mass is 16.2. The predicted octanol–water partition coefficient (Wildman–Crippen LogP) is 5.52. The van der Waals surface area contributed by atoms with Crippen molar-refractivity contribution in [2.45, 2.75) is 51.5 Å². The molecule has 0 bridgehead atoms. The number of amides is 3. The van der Waals surface area contributed by atoms with E-state index in [1.165, 1.54) is 0 Å². The van der Waals surface area contributed by atoms with Gasteiger partial charge in [0.05, 0.1) is 0 Å². The van der Waals surface area contributed by atoms with Crippen LogP contribution in [0.5, 0.6) is 0 Å². The van der Waals surface area contributed by atoms with Gasteiger partial charge in [0, 0.05) is 44.4 Å². The maximum Gasteiger partial charge on any atom is 0.318 e. The summed E-state index contributed by atoms with van der Waals surface area (Å²) in [6.07, 6.45) is 6.36. The Balaban J connectivity index is 1.49. The van der Waals surface area contributed by atoms with Gasteiger partial charge in [0.15, 0.2) is 0 Å². The second-order valence-corrected chi connectivity index (χ2v) is 11.3. The molecule has 2 unspecified atom stereocenters. The fourth-order valence-corrected chi connectivity index (χ4v) is 5.37. The Kier molecular flexibility index (Phi) is 12.5. The topological polar surface area (TPSA) is 100 Å². The van der Waals surface area contributed by atoms with Crippen LogP contribution in [0.25, 0.3) is 10.8 Å². The molecule has 2 atom stereocenters. The third-order valence-corrected chi connectivity index (χ3v) is 7.92. The van der Waals surface area contributed by atoms with Crippen molar-refractivity contribution in [1.29, 1.82) is 0 Å². The van der Waals surface area contributed by atoms with Crippen molar-refractivity contribution in [3.8, 4) is 0 Å². The number of nitrogens with zero attached hydrogens (tertiary/aromatic N) is 2. The van der Waals surface area contributed by atoms with Crippen LogP contribution >= 0.6 is 0 Å². The van der Waals surface area contributed by atoms with Crippen LogP contribution in [-0.2, 0) is 24.1 Å². The number of benzene rings is 3. The molecule has 0 saturated carbocycles. The monoisotopic (exact) mass is 579 g/mol. The van der Waals surface area contributed by atoms with E-state index in [0.29, 0.717) is 44.9 Å². The molecule has 4 N–H and O–H groups in total. The molecule has 3 aromatic carbocycles. The van der Waals surface area contributed by atoms with Gasteiger partial charge in [0.2, 0.25) is 5.91 Å². The Morgan fingerprint density at radius 3 is 2.40 bits per heavy atom. The SMILES string of the molecule is CC(CCN)CCCNC(=O)C(Cc1cccc2ccccc12)NC(=O)N(CCc1ccccc1)CCc1ccccn1. The summed E-state index contributed by atoms with van der Waals surface area (Å²) in [4.78, 5) is 33.7. The van der Waals surface area contributed by atoms with Gasteiger partial charge in [-0.3, -0.25) is 9.78 Å². The van der Waals surface area contributed by atoms with Crippen LogP contribution in [0.2, 0.25) is 0 Å². The van der Waals surface area contributed by atoms with E-state index in [1.807, 2.05) is 60.7 Å². The molecule has 7 nitrogen and oxygen atoms in total. The minimum Gasteiger partial charge on any atom is -0.354 e. The van der Waals surface area contributed by atoms with Crippen LogP contribution in [0.3, 0.4) is 0 Å². The number of carbonyl (C=O) groups is 2. The van der Waals surface area contributed by atoms with Gasteiger partial charge in [-0.05, 0) is 72.2 Å². The zero-order chi connectivity index (χ0) is 30.3. The summed E-state index contributed by atoms with van der Waals surface area (Å²) in [6, 6.07) is 29.3. The average Bonchev–Trinajstić information content (AvgIpc) is 3.04. The lowest BCUT2D eigenvalue weighted by atomic mass is 9.98. The van der Waals surface area contributed by atoms with E-state index in [-0.39, 0.29) is 11.9 Å². The van der Waals surface area contributed by atoms with E-state index in [4.69, 9.17) is 5.73 Å². The number of fused-ring (bicyclic) bond motifs is 1. The van der Waals surface area contributed by atoms with Crippen LogP contribution < -0.4 is 16.4 Å². The third kappa shape index (κ3) is 10.2. The van der Waals surface area contributed by atoms with Gasteiger partial charge < -0.3 is 21.3 Å². The van der Waals surface area contributed by atoms with E-state index < -0.39 is 6.04 Å². The average molecular weight is 580 g/mol. The summed E-state index contributed by atoms with van der Waals surface area (Å²) in [7, 11) is 0. The highest BCUT2D eigenvalue weighted by molar-refractivity contribution is 5.90. The lowest BCUT2D eigenvalue weighted by Crippen LogP contribution is -2.53. The summed E-state index contributed by atoms with van der Waals surface area (Å²) >= 11 is 0. The van der Waals surface area contributed by atoms with E-state index in [0.717, 1.165) is 53.3 Å². The number of aromatic nitrogens is 1. The molecule has 7 heteroatoms. The highest BCUT2D eigenvalue weighted by Crippen LogP contribution is 2.20. The van der Waals surface area contributed by atoms with Crippen LogP contribution in [-0.4, -0.2) is 54.0 Å². The standard InChI is InChI=1S/C36H45N5O2/c1-28(19-22-37)11-10-24-39-35(42)34(27-31-16-9-15-30-14-5-6-18-33(30)31)40-36(43)41(25-20-29-12-3-2-4-13-29)26-21-32-17-7-8-23-38-32/h2-9,12-18,23,28,34H,10-11,19-22,24-27,37H2,1H3,(H,39,42)(H,40,43). The number of rotatable bonds is 16. The molecule has 0 radical (unpaired) electrons. The van der Waals surface area contributed by atoms with E-state index >= 15 is 0 Å². The lowest BCUT2D eigenvalue weighted by Gasteiger charge is -2.27. The summed E-state index contributed by atoms with van der Waals surface area (Å²) in [5, 5.41) is 8.40. The number of carbonyl (C=O) groups excluding carboxylic acids is 2. The van der Waals surface area contributed by atoms with Gasteiger partial charge in [0.1, 0.15) is 6.04 Å². The predicted molar refractivity (Wildman–Crippen MR) is 175 cm³/mol. The molecule has 3 amide bonds. The Morgan fingerprint density at radius 1 is 0.860 bits per heavy atom. The van der Waals surface area contributed by atoms with Gasteiger partial charge in [-0.25, -0.2) is 4.79 Å². The molecule has 1 heterocycles. The van der Waals surface area contributed by atoms with Crippen LogP contribution in [0, 0.1) is 5.92 Å². The molecule has 4 aromatic rings. The van der Waals surface area contributed by atoms with Gasteiger partial charge >= 0.3 is 6.03 Å². The normalized spacial score (nSPS) is 12.4. The lowest BCUT2D eigenvalue weighted by molar-refractivity contribution is -0.122.